The summed E-state index contributed by atoms with van der Waals surface area (Å²) in [5, 5.41) is 3.00. The molecule has 3 N–H and O–H groups in total. The van der Waals surface area contributed by atoms with Crippen molar-refractivity contribution >= 4 is 5.91 Å². The van der Waals surface area contributed by atoms with Gasteiger partial charge in [0, 0.05) is 24.0 Å². The number of carbonyl (C=O) groups is 1. The molecule has 1 atom stereocenters. The van der Waals surface area contributed by atoms with Crippen molar-refractivity contribution in [1.29, 1.82) is 0 Å². The van der Waals surface area contributed by atoms with Crippen LogP contribution in [-0.4, -0.2) is 17.0 Å². The Morgan fingerprint density at radius 1 is 1.52 bits per heavy atom. The van der Waals surface area contributed by atoms with Gasteiger partial charge in [0.05, 0.1) is 0 Å². The van der Waals surface area contributed by atoms with E-state index < -0.39 is 0 Å². The molecular weight excluding hydrogens is 262 g/mol. The van der Waals surface area contributed by atoms with Crippen molar-refractivity contribution in [2.75, 3.05) is 6.54 Å². The molecule has 0 radical (unpaired) electrons. The molecule has 1 aromatic rings. The number of hydrogen-bond donors (Lipinski definition) is 2. The molecule has 0 aliphatic heterocycles. The minimum atomic E-state index is 0.0853. The van der Waals surface area contributed by atoms with Gasteiger partial charge in [0.1, 0.15) is 6.54 Å². The van der Waals surface area contributed by atoms with Gasteiger partial charge in [0.15, 0.2) is 0 Å². The second kappa shape index (κ2) is 5.84. The van der Waals surface area contributed by atoms with Crippen molar-refractivity contribution in [3.63, 3.8) is 0 Å². The summed E-state index contributed by atoms with van der Waals surface area (Å²) in [7, 11) is 0. The first-order valence-corrected chi connectivity index (χ1v) is 7.91. The van der Waals surface area contributed by atoms with Crippen LogP contribution in [0.15, 0.2) is 6.07 Å². The molecule has 0 spiro atoms. The Kier molecular flexibility index (Phi) is 4.47. The second-order valence-corrected chi connectivity index (χ2v) is 7.62. The molecule has 2 rings (SSSR count). The van der Waals surface area contributed by atoms with Crippen LogP contribution in [0.1, 0.15) is 57.1 Å². The van der Waals surface area contributed by atoms with Crippen LogP contribution in [0.25, 0.3) is 0 Å². The summed E-state index contributed by atoms with van der Waals surface area (Å²) in [4.78, 5) is 12.1. The zero-order valence-electron chi connectivity index (χ0n) is 14.0. The van der Waals surface area contributed by atoms with Gasteiger partial charge in [0.25, 0.3) is 0 Å². The lowest BCUT2D eigenvalue weighted by molar-refractivity contribution is -0.121. The van der Waals surface area contributed by atoms with Crippen LogP contribution < -0.4 is 11.1 Å². The van der Waals surface area contributed by atoms with Gasteiger partial charge >= 0.3 is 0 Å². The quantitative estimate of drug-likeness (QED) is 0.895. The van der Waals surface area contributed by atoms with Gasteiger partial charge in [-0.15, -0.1) is 0 Å². The Morgan fingerprint density at radius 3 is 2.81 bits per heavy atom. The van der Waals surface area contributed by atoms with Gasteiger partial charge in [-0.3, -0.25) is 4.79 Å². The Bertz CT molecular complexity index is 528. The molecule has 1 heterocycles. The van der Waals surface area contributed by atoms with E-state index >= 15 is 0 Å². The molecule has 4 heteroatoms. The third-order valence-electron chi connectivity index (χ3n) is 4.28. The summed E-state index contributed by atoms with van der Waals surface area (Å²) in [6.07, 6.45) is 1.99. The highest BCUT2D eigenvalue weighted by Gasteiger charge is 2.33. The molecule has 1 aliphatic carbocycles. The van der Waals surface area contributed by atoms with Gasteiger partial charge < -0.3 is 15.6 Å². The molecule has 4 nitrogen and oxygen atoms in total. The lowest BCUT2D eigenvalue weighted by atomic mass is 9.74. The summed E-state index contributed by atoms with van der Waals surface area (Å²) in [5.41, 5.74) is 10.1. The molecule has 0 aromatic carbocycles. The lowest BCUT2D eigenvalue weighted by Crippen LogP contribution is -2.34. The fraction of sp³-hybridized carbons (Fsp3) is 0.706. The molecule has 118 valence electrons. The third kappa shape index (κ3) is 3.67. The van der Waals surface area contributed by atoms with E-state index in [1.54, 1.807) is 0 Å². The van der Waals surface area contributed by atoms with Crippen molar-refractivity contribution < 1.29 is 4.79 Å². The fourth-order valence-electron chi connectivity index (χ4n) is 3.24. The summed E-state index contributed by atoms with van der Waals surface area (Å²) in [5.74, 6) is 0.558. The number of carbonyl (C=O) groups excluding carboxylic acids is 1. The van der Waals surface area contributed by atoms with Gasteiger partial charge in [0.2, 0.25) is 5.91 Å². The Morgan fingerprint density at radius 2 is 2.19 bits per heavy atom. The molecule has 0 fully saturated rings. The van der Waals surface area contributed by atoms with Crippen LogP contribution in [0.3, 0.4) is 0 Å². The lowest BCUT2D eigenvalue weighted by Gasteiger charge is -2.34. The predicted octanol–water partition coefficient (Wildman–Crippen LogP) is 2.54. The number of hydrogen-bond acceptors (Lipinski definition) is 2. The van der Waals surface area contributed by atoms with Crippen molar-refractivity contribution in [3.8, 4) is 0 Å². The predicted molar refractivity (Wildman–Crippen MR) is 86.0 cm³/mol. The number of amides is 1. The molecule has 1 amide bonds. The summed E-state index contributed by atoms with van der Waals surface area (Å²) >= 11 is 0. The van der Waals surface area contributed by atoms with Crippen LogP contribution in [0, 0.1) is 18.3 Å². The van der Waals surface area contributed by atoms with Gasteiger partial charge in [-0.2, -0.15) is 0 Å². The van der Waals surface area contributed by atoms with Crippen molar-refractivity contribution in [1.82, 2.24) is 9.88 Å². The molecule has 1 unspecified atom stereocenters. The topological polar surface area (TPSA) is 60.0 Å². The van der Waals surface area contributed by atoms with Crippen LogP contribution in [0.4, 0.5) is 0 Å². The van der Waals surface area contributed by atoms with Crippen LogP contribution in [0.5, 0.6) is 0 Å². The fourth-order valence-corrected chi connectivity index (χ4v) is 3.24. The van der Waals surface area contributed by atoms with Gasteiger partial charge in [-0.25, -0.2) is 0 Å². The number of aryl methyl sites for hydroxylation is 1. The SMILES string of the molecule is Cc1cc2c(n1CC(=O)NCC(C)C)CC(C)(C)CC2N. The molecule has 0 saturated heterocycles. The van der Waals surface area contributed by atoms with Crippen LogP contribution in [0.2, 0.25) is 0 Å². The zero-order valence-corrected chi connectivity index (χ0v) is 14.0. The smallest absolute Gasteiger partial charge is 0.239 e. The second-order valence-electron chi connectivity index (χ2n) is 7.62. The number of rotatable bonds is 4. The molecule has 0 bridgehead atoms. The minimum absolute atomic E-state index is 0.0853. The maximum absolute atomic E-state index is 12.1. The van der Waals surface area contributed by atoms with E-state index in [1.165, 1.54) is 11.3 Å². The average molecular weight is 291 g/mol. The third-order valence-corrected chi connectivity index (χ3v) is 4.28. The van der Waals surface area contributed by atoms with Gasteiger partial charge in [-0.1, -0.05) is 27.7 Å². The number of aromatic nitrogens is 1. The van der Waals surface area contributed by atoms with Crippen molar-refractivity contribution in [2.45, 2.75) is 60.0 Å². The van der Waals surface area contributed by atoms with E-state index in [-0.39, 0.29) is 17.4 Å². The highest BCUT2D eigenvalue weighted by Crippen LogP contribution is 2.40. The van der Waals surface area contributed by atoms with Crippen molar-refractivity contribution in [2.24, 2.45) is 17.1 Å². The Hall–Kier alpha value is -1.29. The molecular formula is C17H29N3O. The summed E-state index contributed by atoms with van der Waals surface area (Å²) in [6, 6.07) is 2.24. The van der Waals surface area contributed by atoms with E-state index in [2.05, 4.69) is 50.6 Å². The maximum Gasteiger partial charge on any atom is 0.239 e. The Balaban J connectivity index is 2.20. The van der Waals surface area contributed by atoms with Crippen molar-refractivity contribution in [3.05, 3.63) is 23.0 Å². The van der Waals surface area contributed by atoms with Gasteiger partial charge in [-0.05, 0) is 42.7 Å². The standard InChI is InChI=1S/C17H29N3O/c1-11(2)9-19-16(21)10-20-12(3)6-13-14(18)7-17(4,5)8-15(13)20/h6,11,14H,7-10,18H2,1-5H3,(H,19,21). The van der Waals surface area contributed by atoms with E-state index in [0.29, 0.717) is 12.5 Å². The highest BCUT2D eigenvalue weighted by atomic mass is 16.1. The maximum atomic E-state index is 12.1. The monoisotopic (exact) mass is 291 g/mol. The van der Waals surface area contributed by atoms with E-state index in [0.717, 1.165) is 25.1 Å². The zero-order chi connectivity index (χ0) is 15.8. The first-order chi connectivity index (χ1) is 9.69. The minimum Gasteiger partial charge on any atom is -0.354 e. The molecule has 21 heavy (non-hydrogen) atoms. The number of nitrogens with two attached hydrogens (primary N) is 1. The average Bonchev–Trinajstić information content (AvgIpc) is 2.63. The molecule has 1 aromatic heterocycles. The largest absolute Gasteiger partial charge is 0.354 e. The van der Waals surface area contributed by atoms with Crippen LogP contribution >= 0.6 is 0 Å². The van der Waals surface area contributed by atoms with E-state index in [4.69, 9.17) is 5.73 Å². The highest BCUT2D eigenvalue weighted by molar-refractivity contribution is 5.76. The first kappa shape index (κ1) is 16.1. The Labute approximate surface area is 128 Å². The number of nitrogens with zero attached hydrogens (tertiary/aromatic N) is 1. The number of fused-ring (bicyclic) bond motifs is 1. The first-order valence-electron chi connectivity index (χ1n) is 7.91. The van der Waals surface area contributed by atoms with E-state index in [9.17, 15) is 4.79 Å². The van der Waals surface area contributed by atoms with E-state index in [1.807, 2.05) is 0 Å². The van der Waals surface area contributed by atoms with Crippen LogP contribution in [-0.2, 0) is 17.8 Å². The normalized spacial score (nSPS) is 20.4. The molecule has 0 saturated carbocycles. The summed E-state index contributed by atoms with van der Waals surface area (Å²) in [6.45, 7) is 11.9. The summed E-state index contributed by atoms with van der Waals surface area (Å²) < 4.78 is 2.14. The molecule has 1 aliphatic rings. The number of nitrogens with one attached hydrogen (secondary N) is 1.